The summed E-state index contributed by atoms with van der Waals surface area (Å²) in [5.74, 6) is -1.92. The van der Waals surface area contributed by atoms with E-state index in [1.54, 1.807) is 0 Å². The summed E-state index contributed by atoms with van der Waals surface area (Å²) in [6, 6.07) is 1.61. The van der Waals surface area contributed by atoms with Crippen molar-refractivity contribution in [3.05, 3.63) is 22.4 Å². The number of benzene rings is 1. The first-order valence-electron chi connectivity index (χ1n) is 3.13. The number of alkyl halides is 2. The van der Waals surface area contributed by atoms with Crippen LogP contribution in [0, 0.1) is 5.82 Å². The van der Waals surface area contributed by atoms with E-state index in [0.29, 0.717) is 6.07 Å². The number of phenolic OH excluding ortho intramolecular Hbond substituents is 1. The zero-order chi connectivity index (χ0) is 10.0. The standard InChI is InChI=1S/C7H4BrF3O2/c8-3-1-5(12)6(2-4(3)9)13-7(10)11/h1-2,7,12H. The molecular formula is C7H4BrF3O2. The third-order valence-electron chi connectivity index (χ3n) is 1.22. The van der Waals surface area contributed by atoms with Gasteiger partial charge in [0.25, 0.3) is 0 Å². The number of phenols is 1. The van der Waals surface area contributed by atoms with Crippen molar-refractivity contribution in [2.75, 3.05) is 0 Å². The Hall–Kier alpha value is -0.910. The third-order valence-corrected chi connectivity index (χ3v) is 1.83. The Kier molecular flexibility index (Phi) is 3.02. The molecule has 0 amide bonds. The molecule has 6 heteroatoms. The van der Waals surface area contributed by atoms with Gasteiger partial charge in [0, 0.05) is 12.1 Å². The fraction of sp³-hybridized carbons (Fsp3) is 0.143. The van der Waals surface area contributed by atoms with Crippen molar-refractivity contribution in [3.8, 4) is 11.5 Å². The smallest absolute Gasteiger partial charge is 0.387 e. The highest BCUT2D eigenvalue weighted by Gasteiger charge is 2.12. The summed E-state index contributed by atoms with van der Waals surface area (Å²) >= 11 is 2.77. The van der Waals surface area contributed by atoms with Gasteiger partial charge in [-0.15, -0.1) is 0 Å². The summed E-state index contributed by atoms with van der Waals surface area (Å²) in [6.45, 7) is -3.09. The van der Waals surface area contributed by atoms with E-state index in [4.69, 9.17) is 5.11 Å². The highest BCUT2D eigenvalue weighted by atomic mass is 79.9. The van der Waals surface area contributed by atoms with Gasteiger partial charge in [-0.2, -0.15) is 8.78 Å². The molecule has 0 saturated carbocycles. The number of rotatable bonds is 2. The lowest BCUT2D eigenvalue weighted by molar-refractivity contribution is -0.0514. The maximum Gasteiger partial charge on any atom is 0.387 e. The molecule has 13 heavy (non-hydrogen) atoms. The van der Waals surface area contributed by atoms with Gasteiger partial charge < -0.3 is 9.84 Å². The minimum absolute atomic E-state index is 0.0217. The monoisotopic (exact) mass is 256 g/mol. The number of ether oxygens (including phenoxy) is 1. The second-order valence-electron chi connectivity index (χ2n) is 2.11. The molecule has 0 aliphatic carbocycles. The van der Waals surface area contributed by atoms with Crippen LogP contribution in [0.4, 0.5) is 13.2 Å². The van der Waals surface area contributed by atoms with Crippen molar-refractivity contribution < 1.29 is 23.0 Å². The van der Waals surface area contributed by atoms with E-state index in [-0.39, 0.29) is 4.47 Å². The molecule has 1 aromatic carbocycles. The zero-order valence-electron chi connectivity index (χ0n) is 6.10. The summed E-state index contributed by atoms with van der Waals surface area (Å²) < 4.78 is 39.9. The Labute approximate surface area is 80.1 Å². The van der Waals surface area contributed by atoms with Crippen LogP contribution >= 0.6 is 15.9 Å². The second-order valence-corrected chi connectivity index (χ2v) is 2.97. The van der Waals surface area contributed by atoms with Crippen molar-refractivity contribution in [1.82, 2.24) is 0 Å². The minimum atomic E-state index is -3.09. The molecular weight excluding hydrogens is 253 g/mol. The number of halogens is 4. The molecule has 0 fully saturated rings. The zero-order valence-corrected chi connectivity index (χ0v) is 7.69. The molecule has 0 aliphatic heterocycles. The summed E-state index contributed by atoms with van der Waals surface area (Å²) in [4.78, 5) is 0. The SMILES string of the molecule is Oc1cc(Br)c(F)cc1OC(F)F. The average molecular weight is 257 g/mol. The van der Waals surface area contributed by atoms with Crippen molar-refractivity contribution in [2.24, 2.45) is 0 Å². The average Bonchev–Trinajstić information content (AvgIpc) is 1.99. The molecule has 1 rings (SSSR count). The van der Waals surface area contributed by atoms with Crippen LogP contribution in [0.2, 0.25) is 0 Å². The molecule has 0 aromatic heterocycles. The van der Waals surface area contributed by atoms with Crippen LogP contribution in [0.3, 0.4) is 0 Å². The van der Waals surface area contributed by atoms with Gasteiger partial charge in [0.2, 0.25) is 0 Å². The fourth-order valence-corrected chi connectivity index (χ4v) is 1.04. The van der Waals surface area contributed by atoms with Crippen LogP contribution in [0.25, 0.3) is 0 Å². The second kappa shape index (κ2) is 3.87. The van der Waals surface area contributed by atoms with Crippen LogP contribution in [0.5, 0.6) is 11.5 Å². The van der Waals surface area contributed by atoms with E-state index in [1.165, 1.54) is 0 Å². The van der Waals surface area contributed by atoms with Gasteiger partial charge >= 0.3 is 6.61 Å². The lowest BCUT2D eigenvalue weighted by atomic mass is 10.3. The van der Waals surface area contributed by atoms with Gasteiger partial charge in [-0.25, -0.2) is 4.39 Å². The summed E-state index contributed by atoms with van der Waals surface area (Å²) in [5, 5.41) is 9.01. The van der Waals surface area contributed by atoms with Crippen LogP contribution < -0.4 is 4.74 Å². The molecule has 0 saturated heterocycles. The Morgan fingerprint density at radius 3 is 2.54 bits per heavy atom. The molecule has 0 spiro atoms. The number of hydrogen-bond donors (Lipinski definition) is 1. The lowest BCUT2D eigenvalue weighted by Gasteiger charge is -2.06. The van der Waals surface area contributed by atoms with E-state index in [9.17, 15) is 13.2 Å². The topological polar surface area (TPSA) is 29.5 Å². The van der Waals surface area contributed by atoms with E-state index in [2.05, 4.69) is 20.7 Å². The summed E-state index contributed by atoms with van der Waals surface area (Å²) in [5.41, 5.74) is 0. The normalized spacial score (nSPS) is 10.5. The molecule has 0 unspecified atom stereocenters. The molecule has 72 valence electrons. The van der Waals surface area contributed by atoms with Crippen LogP contribution in [0.1, 0.15) is 0 Å². The van der Waals surface area contributed by atoms with Gasteiger partial charge in [0.15, 0.2) is 11.5 Å². The van der Waals surface area contributed by atoms with Crippen molar-refractivity contribution in [1.29, 1.82) is 0 Å². The van der Waals surface area contributed by atoms with E-state index in [0.717, 1.165) is 6.07 Å². The minimum Gasteiger partial charge on any atom is -0.504 e. The van der Waals surface area contributed by atoms with Gasteiger partial charge in [-0.05, 0) is 15.9 Å². The predicted octanol–water partition coefficient (Wildman–Crippen LogP) is 2.90. The maximum atomic E-state index is 12.7. The number of aromatic hydroxyl groups is 1. The van der Waals surface area contributed by atoms with Crippen molar-refractivity contribution in [3.63, 3.8) is 0 Å². The first kappa shape index (κ1) is 10.2. The quantitative estimate of drug-likeness (QED) is 0.882. The van der Waals surface area contributed by atoms with Crippen LogP contribution in [0.15, 0.2) is 16.6 Å². The van der Waals surface area contributed by atoms with Crippen LogP contribution in [-0.2, 0) is 0 Å². The Morgan fingerprint density at radius 1 is 1.38 bits per heavy atom. The summed E-state index contributed by atoms with van der Waals surface area (Å²) in [6.07, 6.45) is 0. The van der Waals surface area contributed by atoms with Crippen LogP contribution in [-0.4, -0.2) is 11.7 Å². The van der Waals surface area contributed by atoms with E-state index in [1.807, 2.05) is 0 Å². The van der Waals surface area contributed by atoms with Gasteiger partial charge in [0.05, 0.1) is 4.47 Å². The van der Waals surface area contributed by atoms with E-state index >= 15 is 0 Å². The first-order chi connectivity index (χ1) is 6.00. The van der Waals surface area contributed by atoms with Crippen molar-refractivity contribution in [2.45, 2.75) is 6.61 Å². The molecule has 0 aliphatic rings. The Morgan fingerprint density at radius 2 is 2.00 bits per heavy atom. The molecule has 0 atom stereocenters. The highest BCUT2D eigenvalue weighted by molar-refractivity contribution is 9.10. The third kappa shape index (κ3) is 2.51. The molecule has 0 bridgehead atoms. The summed E-state index contributed by atoms with van der Waals surface area (Å²) in [7, 11) is 0. The Bertz CT molecular complexity index is 317. The van der Waals surface area contributed by atoms with Crippen molar-refractivity contribution >= 4 is 15.9 Å². The van der Waals surface area contributed by atoms with Gasteiger partial charge in [-0.1, -0.05) is 0 Å². The van der Waals surface area contributed by atoms with Gasteiger partial charge in [-0.3, -0.25) is 0 Å². The maximum absolute atomic E-state index is 12.7. The molecule has 1 aromatic rings. The van der Waals surface area contributed by atoms with E-state index < -0.39 is 23.9 Å². The number of hydrogen-bond acceptors (Lipinski definition) is 2. The first-order valence-corrected chi connectivity index (χ1v) is 3.93. The Balaban J connectivity index is 3.01. The molecule has 1 N–H and O–H groups in total. The molecule has 2 nitrogen and oxygen atoms in total. The van der Waals surface area contributed by atoms with Gasteiger partial charge in [0.1, 0.15) is 5.82 Å². The fourth-order valence-electron chi connectivity index (χ4n) is 0.708. The highest BCUT2D eigenvalue weighted by Crippen LogP contribution is 2.32. The molecule has 0 radical (unpaired) electrons. The largest absolute Gasteiger partial charge is 0.504 e. The predicted molar refractivity (Wildman–Crippen MR) is 42.4 cm³/mol. The lowest BCUT2D eigenvalue weighted by Crippen LogP contribution is -2.02. The molecule has 0 heterocycles.